The third-order valence-electron chi connectivity index (χ3n) is 8.63. The van der Waals surface area contributed by atoms with E-state index in [2.05, 4.69) is 4.90 Å². The average molecular weight is 578 g/mol. The second kappa shape index (κ2) is 11.8. The molecule has 0 saturated carbocycles. The van der Waals surface area contributed by atoms with Crippen LogP contribution in [-0.2, 0) is 35.3 Å². The van der Waals surface area contributed by atoms with Crippen LogP contribution >= 0.6 is 0 Å². The highest BCUT2D eigenvalue weighted by Crippen LogP contribution is 2.45. The predicted octanol–water partition coefficient (Wildman–Crippen LogP) is 7.42. The van der Waals surface area contributed by atoms with E-state index in [0.29, 0.717) is 36.4 Å². The summed E-state index contributed by atoms with van der Waals surface area (Å²) in [6.45, 7) is 14.2. The van der Waals surface area contributed by atoms with Gasteiger partial charge in [-0.2, -0.15) is 0 Å². The van der Waals surface area contributed by atoms with Gasteiger partial charge < -0.3 is 14.6 Å². The van der Waals surface area contributed by atoms with Crippen LogP contribution in [0, 0.1) is 32.4 Å². The smallest absolute Gasteiger partial charge is 0.337 e. The summed E-state index contributed by atoms with van der Waals surface area (Å²) in [6.07, 6.45) is 1.75. The number of carboxylic acid groups (broad SMARTS) is 1. The van der Waals surface area contributed by atoms with Gasteiger partial charge in [0, 0.05) is 30.8 Å². The Kier molecular flexibility index (Phi) is 8.46. The second-order valence-corrected chi connectivity index (χ2v) is 12.6. The lowest BCUT2D eigenvalue weighted by Crippen LogP contribution is -2.29. The van der Waals surface area contributed by atoms with E-state index in [1.165, 1.54) is 17.7 Å². The molecule has 2 aliphatic heterocycles. The maximum absolute atomic E-state index is 15.6. The standard InChI is InChI=1S/C35H41F2NO4/c1-20-27-11-8-16-41-32(27)29(37)18-28(20)30-21(2)25-12-14-38(19-23-9-7-10-24(36)17-23)15-13-26(25)22(3)31(30)33(34(39)40)42-35(4,5)6/h7,9-10,17-18,33H,8,11-16,19H2,1-6H3,(H,39,40)/t33-/m0/s1. The van der Waals surface area contributed by atoms with Crippen molar-refractivity contribution in [1.82, 2.24) is 4.90 Å². The van der Waals surface area contributed by atoms with Gasteiger partial charge in [-0.3, -0.25) is 4.90 Å². The summed E-state index contributed by atoms with van der Waals surface area (Å²) in [7, 11) is 0. The number of nitrogens with zero attached hydrogens (tertiary/aromatic N) is 1. The molecule has 2 heterocycles. The van der Waals surface area contributed by atoms with Crippen molar-refractivity contribution in [3.05, 3.63) is 86.5 Å². The molecule has 0 radical (unpaired) electrons. The molecule has 0 aromatic heterocycles. The summed E-state index contributed by atoms with van der Waals surface area (Å²) < 4.78 is 41.4. The van der Waals surface area contributed by atoms with E-state index >= 15 is 4.39 Å². The van der Waals surface area contributed by atoms with Crippen LogP contribution in [0.15, 0.2) is 30.3 Å². The van der Waals surface area contributed by atoms with Gasteiger partial charge in [-0.1, -0.05) is 12.1 Å². The molecule has 5 rings (SSSR count). The molecule has 0 amide bonds. The Morgan fingerprint density at radius 2 is 1.69 bits per heavy atom. The first-order valence-corrected chi connectivity index (χ1v) is 14.8. The van der Waals surface area contributed by atoms with Crippen molar-refractivity contribution in [3.63, 3.8) is 0 Å². The Morgan fingerprint density at radius 3 is 2.33 bits per heavy atom. The van der Waals surface area contributed by atoms with Crippen LogP contribution in [0.4, 0.5) is 8.78 Å². The van der Waals surface area contributed by atoms with E-state index in [0.717, 1.165) is 71.3 Å². The molecule has 42 heavy (non-hydrogen) atoms. The molecule has 224 valence electrons. The topological polar surface area (TPSA) is 59.0 Å². The number of hydrogen-bond donors (Lipinski definition) is 1. The van der Waals surface area contributed by atoms with Crippen molar-refractivity contribution in [1.29, 1.82) is 0 Å². The molecule has 0 fully saturated rings. The van der Waals surface area contributed by atoms with Crippen LogP contribution in [0.1, 0.15) is 77.8 Å². The molecular formula is C35H41F2NO4. The normalized spacial score (nSPS) is 16.3. The molecule has 0 saturated heterocycles. The van der Waals surface area contributed by atoms with Gasteiger partial charge in [0.1, 0.15) is 5.82 Å². The minimum Gasteiger partial charge on any atom is -0.490 e. The van der Waals surface area contributed by atoms with Crippen molar-refractivity contribution in [2.45, 2.75) is 85.5 Å². The highest BCUT2D eigenvalue weighted by Gasteiger charge is 2.35. The molecule has 0 aliphatic carbocycles. The van der Waals surface area contributed by atoms with Gasteiger partial charge in [0.05, 0.1) is 12.2 Å². The van der Waals surface area contributed by atoms with Crippen molar-refractivity contribution < 1.29 is 28.2 Å². The zero-order chi connectivity index (χ0) is 30.3. The van der Waals surface area contributed by atoms with Gasteiger partial charge in [0.15, 0.2) is 17.7 Å². The Labute approximate surface area is 247 Å². The van der Waals surface area contributed by atoms with Crippen LogP contribution in [0.2, 0.25) is 0 Å². The Bertz CT molecular complexity index is 1520. The van der Waals surface area contributed by atoms with E-state index in [-0.39, 0.29) is 5.82 Å². The second-order valence-electron chi connectivity index (χ2n) is 12.6. The maximum atomic E-state index is 15.6. The summed E-state index contributed by atoms with van der Waals surface area (Å²) in [5.41, 5.74) is 8.11. The molecule has 1 N–H and O–H groups in total. The average Bonchev–Trinajstić information content (AvgIpc) is 3.14. The largest absolute Gasteiger partial charge is 0.490 e. The number of carbonyl (C=O) groups is 1. The third kappa shape index (κ3) is 5.95. The van der Waals surface area contributed by atoms with Gasteiger partial charge >= 0.3 is 5.97 Å². The molecule has 3 aromatic carbocycles. The molecule has 0 bridgehead atoms. The van der Waals surface area contributed by atoms with Gasteiger partial charge in [-0.15, -0.1) is 0 Å². The summed E-state index contributed by atoms with van der Waals surface area (Å²) in [4.78, 5) is 15.2. The zero-order valence-corrected chi connectivity index (χ0v) is 25.5. The van der Waals surface area contributed by atoms with Crippen LogP contribution in [0.25, 0.3) is 11.1 Å². The van der Waals surface area contributed by atoms with E-state index in [9.17, 15) is 14.3 Å². The minimum absolute atomic E-state index is 0.247. The lowest BCUT2D eigenvalue weighted by molar-refractivity contribution is -0.160. The lowest BCUT2D eigenvalue weighted by Gasteiger charge is -2.31. The fraction of sp³-hybridized carbons (Fsp3) is 0.457. The number of carboxylic acids is 1. The van der Waals surface area contributed by atoms with Gasteiger partial charge in [-0.05, 0) is 130 Å². The number of benzene rings is 3. The van der Waals surface area contributed by atoms with E-state index in [1.807, 2.05) is 47.6 Å². The van der Waals surface area contributed by atoms with Gasteiger partial charge in [0.25, 0.3) is 0 Å². The molecular weight excluding hydrogens is 536 g/mol. The summed E-state index contributed by atoms with van der Waals surface area (Å²) in [5.74, 6) is -1.44. The first-order chi connectivity index (χ1) is 19.9. The fourth-order valence-corrected chi connectivity index (χ4v) is 6.71. The zero-order valence-electron chi connectivity index (χ0n) is 25.5. The number of aliphatic carboxylic acids is 1. The van der Waals surface area contributed by atoms with Crippen LogP contribution in [0.3, 0.4) is 0 Å². The fourth-order valence-electron chi connectivity index (χ4n) is 6.71. The maximum Gasteiger partial charge on any atom is 0.337 e. The van der Waals surface area contributed by atoms with Crippen LogP contribution in [-0.4, -0.2) is 41.3 Å². The lowest BCUT2D eigenvalue weighted by atomic mass is 9.79. The number of halogens is 2. The molecule has 0 unspecified atom stereocenters. The highest BCUT2D eigenvalue weighted by atomic mass is 19.1. The third-order valence-corrected chi connectivity index (χ3v) is 8.63. The predicted molar refractivity (Wildman–Crippen MR) is 160 cm³/mol. The van der Waals surface area contributed by atoms with Crippen molar-refractivity contribution in [3.8, 4) is 16.9 Å². The molecule has 7 heteroatoms. The summed E-state index contributed by atoms with van der Waals surface area (Å²) in [6, 6.07) is 8.21. The molecule has 0 spiro atoms. The van der Waals surface area contributed by atoms with Crippen molar-refractivity contribution in [2.24, 2.45) is 0 Å². The summed E-state index contributed by atoms with van der Waals surface area (Å²) in [5, 5.41) is 10.5. The van der Waals surface area contributed by atoms with Crippen LogP contribution in [0.5, 0.6) is 5.75 Å². The van der Waals surface area contributed by atoms with E-state index in [4.69, 9.17) is 9.47 Å². The number of hydrogen-bond acceptors (Lipinski definition) is 4. The van der Waals surface area contributed by atoms with E-state index < -0.39 is 23.5 Å². The molecule has 2 aliphatic rings. The Hall–Kier alpha value is -3.29. The number of ether oxygens (including phenoxy) is 2. The number of fused-ring (bicyclic) bond motifs is 2. The molecule has 5 nitrogen and oxygen atoms in total. The summed E-state index contributed by atoms with van der Waals surface area (Å²) >= 11 is 0. The quantitative estimate of drug-likeness (QED) is 0.330. The first kappa shape index (κ1) is 30.2. The number of rotatable bonds is 6. The van der Waals surface area contributed by atoms with Crippen LogP contribution < -0.4 is 4.74 Å². The van der Waals surface area contributed by atoms with E-state index in [1.54, 1.807) is 12.1 Å². The first-order valence-electron chi connectivity index (χ1n) is 14.8. The van der Waals surface area contributed by atoms with Crippen molar-refractivity contribution in [2.75, 3.05) is 19.7 Å². The highest BCUT2D eigenvalue weighted by molar-refractivity contribution is 5.85. The minimum atomic E-state index is -1.23. The Morgan fingerprint density at radius 1 is 1.00 bits per heavy atom. The van der Waals surface area contributed by atoms with Gasteiger partial charge in [0.2, 0.25) is 0 Å². The monoisotopic (exact) mass is 577 g/mol. The molecule has 1 atom stereocenters. The Balaban J connectivity index is 1.68. The van der Waals surface area contributed by atoms with Crippen molar-refractivity contribution >= 4 is 5.97 Å². The molecule has 3 aromatic rings. The van der Waals surface area contributed by atoms with Gasteiger partial charge in [-0.25, -0.2) is 13.6 Å². The SMILES string of the molecule is Cc1c(-c2c(C)c3c(c(C)c2[C@H](OC(C)(C)C)C(=O)O)CCN(Cc2cccc(F)c2)CC3)cc(F)c2c1CCCO2.